The molecule has 0 bridgehead atoms. The second-order valence-corrected chi connectivity index (χ2v) is 5.81. The Bertz CT molecular complexity index is 789. The molecule has 180 valence electrons. The fraction of sp³-hybridized carbons (Fsp3) is 0.583. The van der Waals surface area contributed by atoms with Gasteiger partial charge in [-0.25, -0.2) is 9.47 Å². The summed E-state index contributed by atoms with van der Waals surface area (Å²) in [6.07, 6.45) is -27.5. The Labute approximate surface area is 165 Å². The van der Waals surface area contributed by atoms with Crippen LogP contribution in [0, 0.1) is 0 Å². The van der Waals surface area contributed by atoms with E-state index in [0.717, 1.165) is 12.3 Å². The molecule has 31 heavy (non-hydrogen) atoms. The topological polar surface area (TPSA) is 51.3 Å². The molecule has 0 aliphatic heterocycles. The van der Waals surface area contributed by atoms with Crippen LogP contribution in [0.3, 0.4) is 0 Å². The highest BCUT2D eigenvalue weighted by Crippen LogP contribution is 2.55. The van der Waals surface area contributed by atoms with Crippen LogP contribution in [0.25, 0.3) is 0 Å². The minimum Gasteiger partial charge on any atom is -0.359 e. The van der Waals surface area contributed by atoms with Gasteiger partial charge in [0.15, 0.2) is 0 Å². The van der Waals surface area contributed by atoms with Gasteiger partial charge in [0, 0.05) is 6.20 Å². The number of Topliss-reactive ketones (excluding diaryl/α,β-unsaturated/α-hetero) is 1. The molecule has 0 aliphatic rings. The van der Waals surface area contributed by atoms with Crippen molar-refractivity contribution < 1.29 is 75.7 Å². The summed E-state index contributed by atoms with van der Waals surface area (Å²) < 4.78 is 186. The van der Waals surface area contributed by atoms with Crippen LogP contribution in [0.1, 0.15) is 10.5 Å². The SMILES string of the molecule is O=C(c1ccc[nH]1)C(F)(F)OC(F)(F)C(F)(F)C(F)(F)OC(F)(F)C(F)(F)C(F)(F)Cl. The van der Waals surface area contributed by atoms with Crippen LogP contribution in [0.4, 0.5) is 61.5 Å². The minimum absolute atomic E-state index is 0.461. The molecule has 1 rings (SSSR count). The number of nitrogens with one attached hydrogen (secondary N) is 1. The first-order chi connectivity index (χ1) is 13.4. The van der Waals surface area contributed by atoms with E-state index < -0.39 is 53.1 Å². The smallest absolute Gasteiger partial charge is 0.359 e. The number of carbonyl (C=O) groups excluding carboxylic acids is 1. The Morgan fingerprint density at radius 2 is 1.16 bits per heavy atom. The van der Waals surface area contributed by atoms with Crippen molar-refractivity contribution in [1.82, 2.24) is 4.98 Å². The predicted molar refractivity (Wildman–Crippen MR) is 67.8 cm³/mol. The lowest BCUT2D eigenvalue weighted by atomic mass is 10.2. The predicted octanol–water partition coefficient (Wildman–Crippen LogP) is 5.70. The number of ether oxygens (including phenoxy) is 2. The molecule has 0 radical (unpaired) electrons. The Morgan fingerprint density at radius 1 is 0.742 bits per heavy atom. The maximum absolute atomic E-state index is 13.4. The van der Waals surface area contributed by atoms with Gasteiger partial charge in [-0.05, 0) is 23.7 Å². The molecule has 1 aromatic rings. The number of hydrogen-bond donors (Lipinski definition) is 1. The Kier molecular flexibility index (Phi) is 6.71. The fourth-order valence-electron chi connectivity index (χ4n) is 1.52. The van der Waals surface area contributed by atoms with Crippen molar-refractivity contribution in [2.24, 2.45) is 0 Å². The number of halogens is 15. The van der Waals surface area contributed by atoms with Crippen molar-refractivity contribution in [3.8, 4) is 0 Å². The second-order valence-electron chi connectivity index (χ2n) is 5.33. The van der Waals surface area contributed by atoms with Gasteiger partial charge in [-0.3, -0.25) is 4.79 Å². The van der Waals surface area contributed by atoms with Crippen LogP contribution >= 0.6 is 11.6 Å². The average Bonchev–Trinajstić information content (AvgIpc) is 3.04. The van der Waals surface area contributed by atoms with Crippen molar-refractivity contribution in [3.05, 3.63) is 24.0 Å². The highest BCUT2D eigenvalue weighted by atomic mass is 35.5. The summed E-state index contributed by atoms with van der Waals surface area (Å²) in [5.41, 5.74) is -1.28. The molecule has 1 N–H and O–H groups in total. The van der Waals surface area contributed by atoms with Gasteiger partial charge in [0.1, 0.15) is 0 Å². The fourth-order valence-corrected chi connectivity index (χ4v) is 1.63. The van der Waals surface area contributed by atoms with Crippen LogP contribution in [0.5, 0.6) is 0 Å². The van der Waals surface area contributed by atoms with Crippen molar-refractivity contribution in [2.75, 3.05) is 0 Å². The van der Waals surface area contributed by atoms with Crippen LogP contribution in [0.2, 0.25) is 0 Å². The number of ketones is 1. The monoisotopic (exact) mass is 511 g/mol. The van der Waals surface area contributed by atoms with E-state index in [4.69, 9.17) is 0 Å². The zero-order chi connectivity index (χ0) is 24.9. The highest BCUT2D eigenvalue weighted by Gasteiger charge is 2.82. The van der Waals surface area contributed by atoms with E-state index in [0.29, 0.717) is 6.07 Å². The van der Waals surface area contributed by atoms with Crippen LogP contribution < -0.4 is 0 Å². The van der Waals surface area contributed by atoms with Crippen molar-refractivity contribution in [1.29, 1.82) is 0 Å². The number of aromatic nitrogens is 1. The third kappa shape index (κ3) is 4.84. The molecule has 0 amide bonds. The summed E-state index contributed by atoms with van der Waals surface area (Å²) >= 11 is 3.52. The number of alkyl halides is 15. The van der Waals surface area contributed by atoms with E-state index in [2.05, 4.69) is 16.3 Å². The molecule has 1 aromatic heterocycles. The molecule has 0 unspecified atom stereocenters. The second kappa shape index (κ2) is 7.65. The average molecular weight is 512 g/mol. The van der Waals surface area contributed by atoms with E-state index in [1.807, 2.05) is 0 Å². The summed E-state index contributed by atoms with van der Waals surface area (Å²) in [7, 11) is 0. The standard InChI is InChI=1S/C12H4ClF14NO3/c13-9(20,21)7(16,17)10(22,23)31-12(26,27)8(18,19)11(24,25)30-6(14,15)5(29)4-2-1-3-28-4/h1-3,28H. The van der Waals surface area contributed by atoms with E-state index in [-0.39, 0.29) is 0 Å². The quantitative estimate of drug-likeness (QED) is 0.249. The van der Waals surface area contributed by atoms with Crippen molar-refractivity contribution in [3.63, 3.8) is 0 Å². The molecule has 0 saturated carbocycles. The third-order valence-corrected chi connectivity index (χ3v) is 3.31. The largest absolute Gasteiger partial charge is 0.433 e. The van der Waals surface area contributed by atoms with E-state index in [1.165, 1.54) is 4.74 Å². The normalized spacial score (nSPS) is 15.3. The van der Waals surface area contributed by atoms with Crippen LogP contribution in [-0.4, -0.2) is 52.4 Å². The molecule has 0 spiro atoms. The number of rotatable bonds is 10. The van der Waals surface area contributed by atoms with Crippen molar-refractivity contribution in [2.45, 2.75) is 41.7 Å². The zero-order valence-electron chi connectivity index (χ0n) is 13.6. The van der Waals surface area contributed by atoms with Gasteiger partial charge in [0.05, 0.1) is 5.69 Å². The van der Waals surface area contributed by atoms with E-state index >= 15 is 0 Å². The number of H-pyrrole nitrogens is 1. The molecular weight excluding hydrogens is 508 g/mol. The summed E-state index contributed by atoms with van der Waals surface area (Å²) in [6.45, 7) is 0. The van der Waals surface area contributed by atoms with Gasteiger partial charge in [0.2, 0.25) is 0 Å². The first kappa shape index (κ1) is 27.2. The lowest BCUT2D eigenvalue weighted by Crippen LogP contribution is -2.63. The zero-order valence-corrected chi connectivity index (χ0v) is 14.4. The maximum atomic E-state index is 13.4. The lowest BCUT2D eigenvalue weighted by molar-refractivity contribution is -0.524. The Balaban J connectivity index is 3.25. The van der Waals surface area contributed by atoms with Crippen LogP contribution in [0.15, 0.2) is 18.3 Å². The van der Waals surface area contributed by atoms with Gasteiger partial charge in [-0.15, -0.1) is 0 Å². The third-order valence-electron chi connectivity index (χ3n) is 3.07. The molecule has 0 fully saturated rings. The maximum Gasteiger partial charge on any atom is 0.433 e. The number of hydrogen-bond acceptors (Lipinski definition) is 3. The Hall–Kier alpha value is -1.82. The first-order valence-corrected chi connectivity index (χ1v) is 7.23. The van der Waals surface area contributed by atoms with Gasteiger partial charge in [-0.1, -0.05) is 0 Å². The summed E-state index contributed by atoms with van der Waals surface area (Å²) in [6, 6.07) is 1.27. The molecule has 0 aliphatic carbocycles. The highest BCUT2D eigenvalue weighted by molar-refractivity contribution is 6.22. The van der Waals surface area contributed by atoms with Crippen LogP contribution in [-0.2, 0) is 9.47 Å². The summed E-state index contributed by atoms with van der Waals surface area (Å²) in [5.74, 6) is -17.7. The molecule has 1 heterocycles. The lowest BCUT2D eigenvalue weighted by Gasteiger charge is -2.36. The molecule has 0 aromatic carbocycles. The number of carbonyl (C=O) groups is 1. The summed E-state index contributed by atoms with van der Waals surface area (Å²) in [5, 5.41) is -6.43. The minimum atomic E-state index is -7.67. The van der Waals surface area contributed by atoms with Gasteiger partial charge >= 0.3 is 41.7 Å². The van der Waals surface area contributed by atoms with E-state index in [1.54, 1.807) is 4.98 Å². The molecule has 0 atom stereocenters. The first-order valence-electron chi connectivity index (χ1n) is 6.85. The van der Waals surface area contributed by atoms with Gasteiger partial charge in [-0.2, -0.15) is 61.5 Å². The van der Waals surface area contributed by atoms with E-state index in [9.17, 15) is 66.3 Å². The number of aromatic amines is 1. The summed E-state index contributed by atoms with van der Waals surface area (Å²) in [4.78, 5) is 12.9. The molecule has 0 saturated heterocycles. The van der Waals surface area contributed by atoms with Crippen molar-refractivity contribution >= 4 is 17.4 Å². The van der Waals surface area contributed by atoms with Gasteiger partial charge < -0.3 is 4.98 Å². The molecule has 4 nitrogen and oxygen atoms in total. The molecular formula is C12H4ClF14NO3. The van der Waals surface area contributed by atoms with Gasteiger partial charge in [0.25, 0.3) is 5.78 Å². The Morgan fingerprint density at radius 3 is 1.55 bits per heavy atom. The molecule has 19 heteroatoms.